The molecule has 1 aromatic rings. The van der Waals surface area contributed by atoms with Crippen LogP contribution in [0.25, 0.3) is 0 Å². The SMILES string of the molecule is CN(CC(O)C1CC1)C(=O)c1ccnc(C2CC2)n1. The summed E-state index contributed by atoms with van der Waals surface area (Å²) in [6.07, 6.45) is 5.63. The van der Waals surface area contributed by atoms with E-state index in [9.17, 15) is 9.90 Å². The highest BCUT2D eigenvalue weighted by atomic mass is 16.3. The first-order valence-corrected chi connectivity index (χ1v) is 6.91. The van der Waals surface area contributed by atoms with E-state index in [1.165, 1.54) is 0 Å². The third-order valence-electron chi connectivity index (χ3n) is 3.81. The molecule has 5 heteroatoms. The molecule has 3 rings (SSSR count). The Hall–Kier alpha value is -1.49. The molecule has 0 aromatic carbocycles. The Morgan fingerprint density at radius 2 is 2.21 bits per heavy atom. The van der Waals surface area contributed by atoms with Crippen LogP contribution in [0.15, 0.2) is 12.3 Å². The van der Waals surface area contributed by atoms with E-state index in [1.54, 1.807) is 24.2 Å². The maximum Gasteiger partial charge on any atom is 0.272 e. The number of amides is 1. The molecule has 0 spiro atoms. The molecule has 0 radical (unpaired) electrons. The summed E-state index contributed by atoms with van der Waals surface area (Å²) in [4.78, 5) is 22.4. The number of aliphatic hydroxyl groups excluding tert-OH is 1. The van der Waals surface area contributed by atoms with E-state index in [-0.39, 0.29) is 5.91 Å². The molecular weight excluding hydrogens is 242 g/mol. The zero-order valence-electron chi connectivity index (χ0n) is 11.1. The van der Waals surface area contributed by atoms with Crippen LogP contribution in [-0.2, 0) is 0 Å². The van der Waals surface area contributed by atoms with Gasteiger partial charge in [0, 0.05) is 25.7 Å². The molecule has 0 bridgehead atoms. The summed E-state index contributed by atoms with van der Waals surface area (Å²) < 4.78 is 0. The number of hydrogen-bond donors (Lipinski definition) is 1. The van der Waals surface area contributed by atoms with Gasteiger partial charge in [-0.1, -0.05) is 0 Å². The van der Waals surface area contributed by atoms with Gasteiger partial charge in [0.15, 0.2) is 0 Å². The van der Waals surface area contributed by atoms with E-state index in [0.29, 0.717) is 24.1 Å². The first kappa shape index (κ1) is 12.5. The molecule has 19 heavy (non-hydrogen) atoms. The van der Waals surface area contributed by atoms with Gasteiger partial charge in [-0.3, -0.25) is 4.79 Å². The number of carbonyl (C=O) groups excluding carboxylic acids is 1. The molecule has 2 aliphatic rings. The van der Waals surface area contributed by atoms with Gasteiger partial charge in [-0.15, -0.1) is 0 Å². The molecule has 5 nitrogen and oxygen atoms in total. The van der Waals surface area contributed by atoms with Gasteiger partial charge in [0.1, 0.15) is 11.5 Å². The van der Waals surface area contributed by atoms with Crippen molar-refractivity contribution in [1.82, 2.24) is 14.9 Å². The van der Waals surface area contributed by atoms with Gasteiger partial charge >= 0.3 is 0 Å². The Morgan fingerprint density at radius 1 is 1.47 bits per heavy atom. The lowest BCUT2D eigenvalue weighted by Gasteiger charge is -2.20. The summed E-state index contributed by atoms with van der Waals surface area (Å²) in [5.41, 5.74) is 0.433. The van der Waals surface area contributed by atoms with Crippen LogP contribution < -0.4 is 0 Å². The molecule has 1 aromatic heterocycles. The third kappa shape index (κ3) is 2.92. The monoisotopic (exact) mass is 261 g/mol. The van der Waals surface area contributed by atoms with Crippen LogP contribution in [0.2, 0.25) is 0 Å². The molecule has 102 valence electrons. The number of hydrogen-bond acceptors (Lipinski definition) is 4. The fraction of sp³-hybridized carbons (Fsp3) is 0.643. The van der Waals surface area contributed by atoms with Gasteiger partial charge in [0.05, 0.1) is 6.10 Å². The van der Waals surface area contributed by atoms with Crippen LogP contribution >= 0.6 is 0 Å². The summed E-state index contributed by atoms with van der Waals surface area (Å²) in [5, 5.41) is 9.88. The van der Waals surface area contributed by atoms with Gasteiger partial charge in [-0.05, 0) is 37.7 Å². The standard InChI is InChI=1S/C14H19N3O2/c1-17(8-12(18)9-2-3-9)14(19)11-6-7-15-13(16-11)10-4-5-10/h6-7,9-10,12,18H,2-5,8H2,1H3. The summed E-state index contributed by atoms with van der Waals surface area (Å²) in [6, 6.07) is 1.65. The number of aromatic nitrogens is 2. The highest BCUT2D eigenvalue weighted by molar-refractivity contribution is 5.92. The van der Waals surface area contributed by atoms with Crippen molar-refractivity contribution < 1.29 is 9.90 Å². The number of nitrogens with zero attached hydrogens (tertiary/aromatic N) is 3. The summed E-state index contributed by atoms with van der Waals surface area (Å²) >= 11 is 0. The molecule has 0 aliphatic heterocycles. The lowest BCUT2D eigenvalue weighted by molar-refractivity contribution is 0.0640. The minimum atomic E-state index is -0.404. The minimum absolute atomic E-state index is 0.135. The number of rotatable bonds is 5. The normalized spacial score (nSPS) is 20.1. The van der Waals surface area contributed by atoms with E-state index < -0.39 is 6.10 Å². The van der Waals surface area contributed by atoms with E-state index in [1.807, 2.05) is 0 Å². The second-order valence-corrected chi connectivity index (χ2v) is 5.66. The molecule has 1 heterocycles. The van der Waals surface area contributed by atoms with Crippen molar-refractivity contribution in [2.24, 2.45) is 5.92 Å². The zero-order chi connectivity index (χ0) is 13.4. The van der Waals surface area contributed by atoms with E-state index >= 15 is 0 Å². The van der Waals surface area contributed by atoms with Gasteiger partial charge in [-0.2, -0.15) is 0 Å². The molecule has 1 unspecified atom stereocenters. The van der Waals surface area contributed by atoms with Crippen molar-refractivity contribution in [3.8, 4) is 0 Å². The van der Waals surface area contributed by atoms with Crippen molar-refractivity contribution in [2.75, 3.05) is 13.6 Å². The molecule has 1 atom stereocenters. The number of likely N-dealkylation sites (N-methyl/N-ethyl adjacent to an activating group) is 1. The quantitative estimate of drug-likeness (QED) is 0.864. The highest BCUT2D eigenvalue weighted by Gasteiger charge is 2.32. The maximum atomic E-state index is 12.2. The number of carbonyl (C=O) groups is 1. The molecule has 2 saturated carbocycles. The van der Waals surface area contributed by atoms with Crippen LogP contribution in [0, 0.1) is 5.92 Å². The van der Waals surface area contributed by atoms with Gasteiger partial charge < -0.3 is 10.0 Å². The van der Waals surface area contributed by atoms with Gasteiger partial charge in [0.2, 0.25) is 0 Å². The summed E-state index contributed by atoms with van der Waals surface area (Å²) in [7, 11) is 1.72. The maximum absolute atomic E-state index is 12.2. The molecule has 0 saturated heterocycles. The van der Waals surface area contributed by atoms with Crippen LogP contribution in [-0.4, -0.2) is 45.6 Å². The summed E-state index contributed by atoms with van der Waals surface area (Å²) in [6.45, 7) is 0.381. The molecular formula is C14H19N3O2. The average Bonchev–Trinajstić information content (AvgIpc) is 3.31. The Bertz CT molecular complexity index is 483. The summed E-state index contributed by atoms with van der Waals surface area (Å²) in [5.74, 6) is 1.46. The predicted molar refractivity (Wildman–Crippen MR) is 69.7 cm³/mol. The smallest absolute Gasteiger partial charge is 0.272 e. The van der Waals surface area contributed by atoms with Crippen molar-refractivity contribution >= 4 is 5.91 Å². The first-order valence-electron chi connectivity index (χ1n) is 6.91. The molecule has 2 aliphatic carbocycles. The van der Waals surface area contributed by atoms with Gasteiger partial charge in [-0.25, -0.2) is 9.97 Å². The molecule has 1 N–H and O–H groups in total. The van der Waals surface area contributed by atoms with Gasteiger partial charge in [0.25, 0.3) is 5.91 Å². The number of aliphatic hydroxyl groups is 1. The van der Waals surface area contributed by atoms with Crippen molar-refractivity contribution in [3.63, 3.8) is 0 Å². The minimum Gasteiger partial charge on any atom is -0.391 e. The Morgan fingerprint density at radius 3 is 2.84 bits per heavy atom. The Kier molecular flexibility index (Phi) is 3.22. The van der Waals surface area contributed by atoms with Crippen LogP contribution in [0.3, 0.4) is 0 Å². The third-order valence-corrected chi connectivity index (χ3v) is 3.81. The van der Waals surface area contributed by atoms with Crippen LogP contribution in [0.1, 0.15) is 47.9 Å². The lowest BCUT2D eigenvalue weighted by atomic mass is 10.2. The average molecular weight is 261 g/mol. The van der Waals surface area contributed by atoms with Crippen LogP contribution in [0.4, 0.5) is 0 Å². The van der Waals surface area contributed by atoms with E-state index in [0.717, 1.165) is 31.5 Å². The Balaban J connectivity index is 1.66. The van der Waals surface area contributed by atoms with Crippen LogP contribution in [0.5, 0.6) is 0 Å². The first-order chi connectivity index (χ1) is 9.15. The zero-order valence-corrected chi connectivity index (χ0v) is 11.1. The van der Waals surface area contributed by atoms with E-state index in [4.69, 9.17) is 0 Å². The van der Waals surface area contributed by atoms with Crippen molar-refractivity contribution in [3.05, 3.63) is 23.8 Å². The predicted octanol–water partition coefficient (Wildman–Crippen LogP) is 1.20. The Labute approximate surface area is 112 Å². The topological polar surface area (TPSA) is 66.3 Å². The van der Waals surface area contributed by atoms with E-state index in [2.05, 4.69) is 9.97 Å². The van der Waals surface area contributed by atoms with Crippen molar-refractivity contribution in [2.45, 2.75) is 37.7 Å². The highest BCUT2D eigenvalue weighted by Crippen LogP contribution is 2.37. The second kappa shape index (κ2) is 4.89. The van der Waals surface area contributed by atoms with Crippen molar-refractivity contribution in [1.29, 1.82) is 0 Å². The fourth-order valence-electron chi connectivity index (χ4n) is 2.22. The molecule has 2 fully saturated rings. The molecule has 1 amide bonds. The lowest BCUT2D eigenvalue weighted by Crippen LogP contribution is -2.35. The largest absolute Gasteiger partial charge is 0.391 e. The fourth-order valence-corrected chi connectivity index (χ4v) is 2.22. The second-order valence-electron chi connectivity index (χ2n) is 5.66.